The first kappa shape index (κ1) is 21.0. The van der Waals surface area contributed by atoms with Gasteiger partial charge < -0.3 is 0 Å². The van der Waals surface area contributed by atoms with E-state index in [0.717, 1.165) is 0 Å². The molecule has 0 spiro atoms. The van der Waals surface area contributed by atoms with E-state index in [1.807, 2.05) is 0 Å². The maximum absolute atomic E-state index is 10.7. The minimum Gasteiger partial charge on any atom is -0.290 e. The molecule has 0 aliphatic heterocycles. The van der Waals surface area contributed by atoms with Crippen molar-refractivity contribution in [1.82, 2.24) is 0 Å². The first-order chi connectivity index (χ1) is 7.39. The van der Waals surface area contributed by atoms with Gasteiger partial charge in [-0.25, -0.2) is 4.57 Å². The summed E-state index contributed by atoms with van der Waals surface area (Å²) in [5.74, 6) is -7.28. The highest BCUT2D eigenvalue weighted by Gasteiger charge is 2.26. The van der Waals surface area contributed by atoms with Gasteiger partial charge in [0.15, 0.2) is 0 Å². The fourth-order valence-corrected chi connectivity index (χ4v) is 9.79. The van der Waals surface area contributed by atoms with Crippen molar-refractivity contribution in [3.63, 3.8) is 0 Å². The van der Waals surface area contributed by atoms with E-state index in [1.165, 1.54) is 21.3 Å². The summed E-state index contributed by atoms with van der Waals surface area (Å²) >= 11 is 20.0. The van der Waals surface area contributed by atoms with Gasteiger partial charge in [-0.05, 0) is 45.0 Å². The van der Waals surface area contributed by atoms with Crippen molar-refractivity contribution >= 4 is 64.5 Å². The molecular formula is C4H11Cl4O6P3. The lowest BCUT2D eigenvalue weighted by Gasteiger charge is -2.08. The van der Waals surface area contributed by atoms with Gasteiger partial charge in [-0.3, -0.25) is 22.7 Å². The topological polar surface area (TPSA) is 78.9 Å². The van der Waals surface area contributed by atoms with Crippen LogP contribution in [-0.4, -0.2) is 27.2 Å². The first-order valence-corrected chi connectivity index (χ1v) is 12.5. The Morgan fingerprint density at radius 1 is 0.765 bits per heavy atom. The second-order valence-electron chi connectivity index (χ2n) is 2.28. The second kappa shape index (κ2) is 8.81. The molecule has 0 bridgehead atoms. The fourth-order valence-electron chi connectivity index (χ4n) is 0.415. The molecule has 0 amide bonds. The lowest BCUT2D eigenvalue weighted by Crippen LogP contribution is -1.88. The van der Waals surface area contributed by atoms with Gasteiger partial charge in [0.05, 0.1) is 0 Å². The van der Waals surface area contributed by atoms with Crippen molar-refractivity contribution < 1.29 is 27.3 Å². The van der Waals surface area contributed by atoms with Crippen LogP contribution in [-0.2, 0) is 27.3 Å². The Bertz CT molecular complexity index is 310. The van der Waals surface area contributed by atoms with E-state index in [-0.39, 0.29) is 0 Å². The Labute approximate surface area is 119 Å². The van der Waals surface area contributed by atoms with E-state index in [1.54, 1.807) is 0 Å². The molecule has 0 saturated carbocycles. The summed E-state index contributed by atoms with van der Waals surface area (Å²) in [6, 6.07) is 0. The maximum Gasteiger partial charge on any atom is 0.473 e. The van der Waals surface area contributed by atoms with E-state index in [4.69, 9.17) is 45.0 Å². The first-order valence-electron chi connectivity index (χ1n) is 3.63. The van der Waals surface area contributed by atoms with Crippen molar-refractivity contribution in [2.45, 2.75) is 0 Å². The molecule has 0 aliphatic rings. The summed E-state index contributed by atoms with van der Waals surface area (Å²) in [7, 11) is 0.611. The van der Waals surface area contributed by atoms with Gasteiger partial charge in [-0.15, -0.1) is 0 Å². The number of hydrogen-bond acceptors (Lipinski definition) is 6. The molecule has 0 aromatic carbocycles. The number of phosphoric acid groups is 1. The van der Waals surface area contributed by atoms with Crippen LogP contribution >= 0.6 is 64.5 Å². The molecule has 0 saturated heterocycles. The molecule has 0 rings (SSSR count). The SMILES string of the molecule is COP(=O)(OC)OC.O=P(Cl)(Cl)CP(=O)(Cl)Cl. The van der Waals surface area contributed by atoms with Gasteiger partial charge in [0.1, 0.15) is 5.90 Å². The minimum atomic E-state index is -3.37. The number of hydrogen-bond donors (Lipinski definition) is 0. The predicted molar refractivity (Wildman–Crippen MR) is 72.1 cm³/mol. The molecular weight excluding hydrogens is 379 g/mol. The quantitative estimate of drug-likeness (QED) is 0.592. The third kappa shape index (κ3) is 15.7. The van der Waals surface area contributed by atoms with Crippen LogP contribution in [0.5, 0.6) is 0 Å². The van der Waals surface area contributed by atoms with E-state index in [9.17, 15) is 13.7 Å². The zero-order valence-corrected chi connectivity index (χ0v) is 14.7. The monoisotopic (exact) mass is 388 g/mol. The number of rotatable bonds is 5. The summed E-state index contributed by atoms with van der Waals surface area (Å²) in [5, 5.41) is 0. The average Bonchev–Trinajstić information content (AvgIpc) is 2.12. The third-order valence-electron chi connectivity index (χ3n) is 1.00. The molecule has 0 aliphatic carbocycles. The normalized spacial score (nSPS) is 12.9. The Morgan fingerprint density at radius 3 is 1.00 bits per heavy atom. The van der Waals surface area contributed by atoms with Crippen LogP contribution in [0.3, 0.4) is 0 Å². The van der Waals surface area contributed by atoms with Crippen LogP contribution in [0, 0.1) is 0 Å². The van der Waals surface area contributed by atoms with Crippen LogP contribution in [0.25, 0.3) is 0 Å². The minimum absolute atomic E-state index is 0.535. The van der Waals surface area contributed by atoms with Gasteiger partial charge in [-0.2, -0.15) is 0 Å². The van der Waals surface area contributed by atoms with Crippen LogP contribution < -0.4 is 0 Å². The maximum atomic E-state index is 10.7. The average molecular weight is 390 g/mol. The Hall–Kier alpha value is 1.73. The van der Waals surface area contributed by atoms with E-state index in [2.05, 4.69) is 13.6 Å². The molecule has 0 fully saturated rings. The summed E-state index contributed by atoms with van der Waals surface area (Å²) < 4.78 is 44.5. The Balaban J connectivity index is 0. The fraction of sp³-hybridized carbons (Fsp3) is 1.00. The molecule has 0 atom stereocenters. The summed E-state index contributed by atoms with van der Waals surface area (Å²) in [6.07, 6.45) is 0. The van der Waals surface area contributed by atoms with Crippen molar-refractivity contribution in [3.05, 3.63) is 0 Å². The molecule has 6 nitrogen and oxygen atoms in total. The zero-order chi connectivity index (χ0) is 14.3. The highest BCUT2D eigenvalue weighted by atomic mass is 35.9. The van der Waals surface area contributed by atoms with Gasteiger partial charge >= 0.3 is 7.82 Å². The molecule has 0 N–H and O–H groups in total. The van der Waals surface area contributed by atoms with Crippen LogP contribution in [0.1, 0.15) is 0 Å². The van der Waals surface area contributed by atoms with E-state index >= 15 is 0 Å². The lowest BCUT2D eigenvalue weighted by molar-refractivity contribution is 0.178. The largest absolute Gasteiger partial charge is 0.473 e. The highest BCUT2D eigenvalue weighted by Crippen LogP contribution is 2.72. The molecule has 0 radical (unpaired) electrons. The third-order valence-corrected chi connectivity index (χ3v) is 8.82. The number of halogens is 4. The van der Waals surface area contributed by atoms with Crippen LogP contribution in [0.4, 0.5) is 0 Å². The van der Waals surface area contributed by atoms with Gasteiger partial charge in [0, 0.05) is 21.3 Å². The summed E-state index contributed by atoms with van der Waals surface area (Å²) in [4.78, 5) is 0. The van der Waals surface area contributed by atoms with Gasteiger partial charge in [0.25, 0.3) is 11.7 Å². The van der Waals surface area contributed by atoms with Crippen LogP contribution in [0.2, 0.25) is 0 Å². The Kier molecular flexibility index (Phi) is 10.9. The molecule has 13 heteroatoms. The van der Waals surface area contributed by atoms with Crippen molar-refractivity contribution in [2.75, 3.05) is 27.2 Å². The molecule has 106 valence electrons. The lowest BCUT2D eigenvalue weighted by atomic mass is 11.8. The molecule has 0 aromatic heterocycles. The Morgan fingerprint density at radius 2 is 1.00 bits per heavy atom. The molecule has 0 unspecified atom stereocenters. The van der Waals surface area contributed by atoms with E-state index < -0.39 is 25.4 Å². The highest BCUT2D eigenvalue weighted by molar-refractivity contribution is 8.21. The van der Waals surface area contributed by atoms with Gasteiger partial charge in [0.2, 0.25) is 0 Å². The zero-order valence-electron chi connectivity index (χ0n) is 9.01. The van der Waals surface area contributed by atoms with Crippen LogP contribution in [0.15, 0.2) is 0 Å². The molecule has 0 aromatic rings. The van der Waals surface area contributed by atoms with Gasteiger partial charge in [-0.1, -0.05) is 0 Å². The molecule has 17 heavy (non-hydrogen) atoms. The van der Waals surface area contributed by atoms with E-state index in [0.29, 0.717) is 0 Å². The number of phosphoric ester groups is 1. The molecule has 0 heterocycles. The van der Waals surface area contributed by atoms with Crippen molar-refractivity contribution in [2.24, 2.45) is 0 Å². The second-order valence-corrected chi connectivity index (χ2v) is 15.3. The predicted octanol–water partition coefficient (Wildman–Crippen LogP) is 5.32. The smallest absolute Gasteiger partial charge is 0.290 e. The van der Waals surface area contributed by atoms with Crippen molar-refractivity contribution in [3.8, 4) is 0 Å². The van der Waals surface area contributed by atoms with Crippen molar-refractivity contribution in [1.29, 1.82) is 0 Å². The summed E-state index contributed by atoms with van der Waals surface area (Å²) in [5.41, 5.74) is 0. The summed E-state index contributed by atoms with van der Waals surface area (Å²) in [6.45, 7) is 0. The standard InChI is InChI=1S/C3H9O4P.CH2Cl4O2P2/c1-5-8(4,6-2)7-3;2-8(3,6)1-9(4,5)7/h1-3H3;1H2.